The molecule has 6 heteroatoms. The van der Waals surface area contributed by atoms with Gasteiger partial charge in [0.15, 0.2) is 0 Å². The molecule has 2 aromatic rings. The first-order chi connectivity index (χ1) is 10.5. The molecule has 0 aromatic heterocycles. The number of halogens is 2. The summed E-state index contributed by atoms with van der Waals surface area (Å²) in [5.41, 5.74) is 0.552. The lowest BCUT2D eigenvalue weighted by molar-refractivity contribution is -0.132. The minimum Gasteiger partial charge on any atom is -0.477 e. The fraction of sp³-hybridized carbons (Fsp3) is 0. The van der Waals surface area contributed by atoms with Crippen LogP contribution >= 0.6 is 23.2 Å². The third-order valence-corrected chi connectivity index (χ3v) is 3.31. The fourth-order valence-corrected chi connectivity index (χ4v) is 2.22. The van der Waals surface area contributed by atoms with Gasteiger partial charge in [-0.25, -0.2) is 4.79 Å². The number of hydrogen-bond acceptors (Lipinski definition) is 2. The molecule has 0 spiro atoms. The molecule has 0 aliphatic heterocycles. The minimum absolute atomic E-state index is 0.145. The molecule has 0 radical (unpaired) electrons. The zero-order valence-electron chi connectivity index (χ0n) is 11.2. The van der Waals surface area contributed by atoms with Gasteiger partial charge in [-0.15, -0.1) is 0 Å². The van der Waals surface area contributed by atoms with Crippen molar-refractivity contribution in [3.8, 4) is 0 Å². The third-order valence-electron chi connectivity index (χ3n) is 2.76. The minimum atomic E-state index is -1.25. The Morgan fingerprint density at radius 1 is 1.05 bits per heavy atom. The fourth-order valence-electron chi connectivity index (χ4n) is 1.73. The van der Waals surface area contributed by atoms with Gasteiger partial charge >= 0.3 is 5.97 Å². The Morgan fingerprint density at radius 3 is 2.32 bits per heavy atom. The van der Waals surface area contributed by atoms with E-state index in [1.807, 2.05) is 6.07 Å². The van der Waals surface area contributed by atoms with Crippen molar-refractivity contribution < 1.29 is 14.7 Å². The SMILES string of the molecule is O=C(O)/C(=C\c1ccccc1)NC(=O)c1ccc(Cl)cc1Cl. The van der Waals surface area contributed by atoms with Crippen molar-refractivity contribution in [2.24, 2.45) is 0 Å². The molecular weight excluding hydrogens is 325 g/mol. The van der Waals surface area contributed by atoms with Crippen LogP contribution in [0.15, 0.2) is 54.2 Å². The van der Waals surface area contributed by atoms with E-state index < -0.39 is 11.9 Å². The monoisotopic (exact) mass is 335 g/mol. The lowest BCUT2D eigenvalue weighted by atomic mass is 10.1. The number of carboxylic acid groups (broad SMARTS) is 1. The average molecular weight is 336 g/mol. The van der Waals surface area contributed by atoms with E-state index in [4.69, 9.17) is 23.2 Å². The number of amides is 1. The molecule has 0 unspecified atom stereocenters. The van der Waals surface area contributed by atoms with Crippen molar-refractivity contribution in [2.45, 2.75) is 0 Å². The maximum Gasteiger partial charge on any atom is 0.352 e. The largest absolute Gasteiger partial charge is 0.477 e. The van der Waals surface area contributed by atoms with Crippen LogP contribution in [0.3, 0.4) is 0 Å². The van der Waals surface area contributed by atoms with E-state index in [0.29, 0.717) is 10.6 Å². The molecule has 0 atom stereocenters. The molecule has 0 saturated heterocycles. The highest BCUT2D eigenvalue weighted by atomic mass is 35.5. The highest BCUT2D eigenvalue weighted by molar-refractivity contribution is 6.36. The molecule has 0 bridgehead atoms. The molecule has 2 aromatic carbocycles. The van der Waals surface area contributed by atoms with E-state index in [2.05, 4.69) is 5.32 Å². The number of carbonyl (C=O) groups is 2. The summed E-state index contributed by atoms with van der Waals surface area (Å²) in [5, 5.41) is 12.1. The molecule has 2 N–H and O–H groups in total. The molecule has 0 aliphatic carbocycles. The predicted molar refractivity (Wildman–Crippen MR) is 86.0 cm³/mol. The Kier molecular flexibility index (Phi) is 5.20. The number of aliphatic carboxylic acids is 1. The van der Waals surface area contributed by atoms with Gasteiger partial charge in [0.05, 0.1) is 10.6 Å². The average Bonchev–Trinajstić information content (AvgIpc) is 2.47. The van der Waals surface area contributed by atoms with Crippen LogP contribution in [0.4, 0.5) is 0 Å². The Labute approximate surface area is 137 Å². The summed E-state index contributed by atoms with van der Waals surface area (Å²) < 4.78 is 0. The van der Waals surface area contributed by atoms with Gasteiger partial charge in [0.2, 0.25) is 0 Å². The molecule has 0 saturated carbocycles. The van der Waals surface area contributed by atoms with Crippen molar-refractivity contribution in [3.63, 3.8) is 0 Å². The van der Waals surface area contributed by atoms with Crippen molar-refractivity contribution in [1.29, 1.82) is 0 Å². The maximum absolute atomic E-state index is 12.1. The van der Waals surface area contributed by atoms with Crippen LogP contribution in [-0.4, -0.2) is 17.0 Å². The van der Waals surface area contributed by atoms with Crippen LogP contribution in [0.25, 0.3) is 6.08 Å². The Morgan fingerprint density at radius 2 is 1.73 bits per heavy atom. The number of carboxylic acids is 1. The van der Waals surface area contributed by atoms with Crippen molar-refractivity contribution in [3.05, 3.63) is 75.4 Å². The van der Waals surface area contributed by atoms with E-state index >= 15 is 0 Å². The second kappa shape index (κ2) is 7.11. The van der Waals surface area contributed by atoms with Crippen LogP contribution in [-0.2, 0) is 4.79 Å². The molecule has 2 rings (SSSR count). The molecule has 4 nitrogen and oxygen atoms in total. The highest BCUT2D eigenvalue weighted by Crippen LogP contribution is 2.21. The van der Waals surface area contributed by atoms with Gasteiger partial charge in [-0.3, -0.25) is 4.79 Å². The number of rotatable bonds is 4. The van der Waals surface area contributed by atoms with Crippen molar-refractivity contribution in [2.75, 3.05) is 0 Å². The Balaban J connectivity index is 2.27. The van der Waals surface area contributed by atoms with Gasteiger partial charge in [-0.1, -0.05) is 53.5 Å². The quantitative estimate of drug-likeness (QED) is 0.834. The lowest BCUT2D eigenvalue weighted by Gasteiger charge is -2.08. The molecule has 1 amide bonds. The second-order valence-corrected chi connectivity index (χ2v) is 5.20. The standard InChI is InChI=1S/C16H11Cl2NO3/c17-11-6-7-12(13(18)9-11)15(20)19-14(16(21)22)8-10-4-2-1-3-5-10/h1-9H,(H,19,20)(H,21,22)/b14-8+. The van der Waals surface area contributed by atoms with E-state index in [9.17, 15) is 14.7 Å². The van der Waals surface area contributed by atoms with Crippen LogP contribution in [0.5, 0.6) is 0 Å². The van der Waals surface area contributed by atoms with Gasteiger partial charge in [0.25, 0.3) is 5.91 Å². The van der Waals surface area contributed by atoms with Crippen molar-refractivity contribution >= 4 is 41.2 Å². The summed E-state index contributed by atoms with van der Waals surface area (Å²) in [6, 6.07) is 13.1. The first-order valence-electron chi connectivity index (χ1n) is 6.24. The van der Waals surface area contributed by atoms with Crippen molar-refractivity contribution in [1.82, 2.24) is 5.32 Å². The highest BCUT2D eigenvalue weighted by Gasteiger charge is 2.16. The summed E-state index contributed by atoms with van der Waals surface area (Å²) >= 11 is 11.7. The Hall–Kier alpha value is -2.30. The van der Waals surface area contributed by atoms with Gasteiger partial charge in [-0.05, 0) is 29.8 Å². The first-order valence-corrected chi connectivity index (χ1v) is 6.99. The summed E-state index contributed by atoms with van der Waals surface area (Å²) in [7, 11) is 0. The normalized spacial score (nSPS) is 11.1. The summed E-state index contributed by atoms with van der Waals surface area (Å²) in [6.07, 6.45) is 1.37. The first kappa shape index (κ1) is 16.1. The van der Waals surface area contributed by atoms with Crippen LogP contribution < -0.4 is 5.32 Å². The lowest BCUT2D eigenvalue weighted by Crippen LogP contribution is -2.27. The second-order valence-electron chi connectivity index (χ2n) is 4.35. The van der Waals surface area contributed by atoms with Gasteiger partial charge < -0.3 is 10.4 Å². The van der Waals surface area contributed by atoms with Gasteiger partial charge in [-0.2, -0.15) is 0 Å². The molecule has 112 valence electrons. The van der Waals surface area contributed by atoms with E-state index in [1.54, 1.807) is 24.3 Å². The zero-order valence-corrected chi connectivity index (χ0v) is 12.7. The number of nitrogens with one attached hydrogen (secondary N) is 1. The van der Waals surface area contributed by atoms with Crippen LogP contribution in [0, 0.1) is 0 Å². The Bertz CT molecular complexity index is 742. The van der Waals surface area contributed by atoms with E-state index in [0.717, 1.165) is 0 Å². The van der Waals surface area contributed by atoms with E-state index in [-0.39, 0.29) is 16.3 Å². The molecule has 0 heterocycles. The summed E-state index contributed by atoms with van der Waals surface area (Å²) in [4.78, 5) is 23.4. The van der Waals surface area contributed by atoms with E-state index in [1.165, 1.54) is 24.3 Å². The number of hydrogen-bond donors (Lipinski definition) is 2. The van der Waals surface area contributed by atoms with Crippen LogP contribution in [0.2, 0.25) is 10.0 Å². The molecular formula is C16H11Cl2NO3. The smallest absolute Gasteiger partial charge is 0.352 e. The molecule has 0 aliphatic rings. The topological polar surface area (TPSA) is 66.4 Å². The van der Waals surface area contributed by atoms with Gasteiger partial charge in [0.1, 0.15) is 5.70 Å². The molecule has 0 fully saturated rings. The zero-order chi connectivity index (χ0) is 16.1. The number of benzene rings is 2. The third kappa shape index (κ3) is 4.10. The maximum atomic E-state index is 12.1. The van der Waals surface area contributed by atoms with Gasteiger partial charge in [0, 0.05) is 5.02 Å². The summed E-state index contributed by atoms with van der Waals surface area (Å²) in [5.74, 6) is -1.87. The summed E-state index contributed by atoms with van der Waals surface area (Å²) in [6.45, 7) is 0. The number of carbonyl (C=O) groups excluding carboxylic acids is 1. The van der Waals surface area contributed by atoms with Crippen LogP contribution in [0.1, 0.15) is 15.9 Å². The predicted octanol–water partition coefficient (Wildman–Crippen LogP) is 3.85. The molecule has 22 heavy (non-hydrogen) atoms.